The summed E-state index contributed by atoms with van der Waals surface area (Å²) in [6.45, 7) is 4.61. The quantitative estimate of drug-likeness (QED) is 0.462. The van der Waals surface area contributed by atoms with Crippen molar-refractivity contribution in [2.45, 2.75) is 31.8 Å². The third kappa shape index (κ3) is 4.57. The first kappa shape index (κ1) is 21.8. The number of carbonyl (C=O) groups excluding carboxylic acids is 1. The molecular formula is C25H25N3O3S. The van der Waals surface area contributed by atoms with Gasteiger partial charge in [-0.15, -0.1) is 0 Å². The Labute approximate surface area is 187 Å². The van der Waals surface area contributed by atoms with Gasteiger partial charge in [0.2, 0.25) is 0 Å². The number of hydrogen-bond acceptors (Lipinski definition) is 4. The molecule has 0 aliphatic heterocycles. The molecule has 0 saturated carbocycles. The Morgan fingerprint density at radius 2 is 1.69 bits per heavy atom. The molecule has 1 aromatic heterocycles. The zero-order valence-corrected chi connectivity index (χ0v) is 18.9. The number of nitrogens with zero attached hydrogens (tertiary/aromatic N) is 2. The standard InChI is InChI=1S/C25H25N3O3S/c1-3-32(30,31)22-12-9-19(10-13-22)16-26-25(29)21-11-14-24-23(15-21)27-18(2)28(24)17-20-7-5-4-6-8-20/h4-15H,3,16-17H2,1-2H3,(H,26,29). The third-order valence-electron chi connectivity index (χ3n) is 5.50. The normalized spacial score (nSPS) is 11.6. The maximum Gasteiger partial charge on any atom is 0.251 e. The van der Waals surface area contributed by atoms with Crippen LogP contribution in [0.5, 0.6) is 0 Å². The van der Waals surface area contributed by atoms with E-state index in [9.17, 15) is 13.2 Å². The van der Waals surface area contributed by atoms with E-state index < -0.39 is 9.84 Å². The second-order valence-corrected chi connectivity index (χ2v) is 9.94. The van der Waals surface area contributed by atoms with E-state index in [-0.39, 0.29) is 11.7 Å². The van der Waals surface area contributed by atoms with Crippen molar-refractivity contribution < 1.29 is 13.2 Å². The summed E-state index contributed by atoms with van der Waals surface area (Å²) >= 11 is 0. The smallest absolute Gasteiger partial charge is 0.251 e. The van der Waals surface area contributed by atoms with Crippen molar-refractivity contribution in [2.75, 3.05) is 5.75 Å². The van der Waals surface area contributed by atoms with Crippen LogP contribution in [0.1, 0.15) is 34.2 Å². The van der Waals surface area contributed by atoms with Gasteiger partial charge in [-0.05, 0) is 48.4 Å². The molecule has 164 valence electrons. The van der Waals surface area contributed by atoms with Crippen molar-refractivity contribution in [3.8, 4) is 0 Å². The van der Waals surface area contributed by atoms with Gasteiger partial charge in [-0.1, -0.05) is 49.4 Å². The van der Waals surface area contributed by atoms with E-state index in [1.807, 2.05) is 31.2 Å². The lowest BCUT2D eigenvalue weighted by molar-refractivity contribution is 0.0951. The minimum absolute atomic E-state index is 0.0617. The maximum absolute atomic E-state index is 12.7. The fourth-order valence-electron chi connectivity index (χ4n) is 3.62. The van der Waals surface area contributed by atoms with Crippen LogP contribution >= 0.6 is 0 Å². The predicted octanol–water partition coefficient (Wildman–Crippen LogP) is 4.12. The molecule has 0 atom stereocenters. The number of benzene rings is 3. The van der Waals surface area contributed by atoms with Gasteiger partial charge in [0.1, 0.15) is 5.82 Å². The first-order chi connectivity index (χ1) is 15.4. The SMILES string of the molecule is CCS(=O)(=O)c1ccc(CNC(=O)c2ccc3c(c2)nc(C)n3Cc2ccccc2)cc1. The van der Waals surface area contributed by atoms with Crippen LogP contribution in [-0.4, -0.2) is 29.6 Å². The highest BCUT2D eigenvalue weighted by Crippen LogP contribution is 2.20. The average Bonchev–Trinajstić information content (AvgIpc) is 3.12. The monoisotopic (exact) mass is 447 g/mol. The van der Waals surface area contributed by atoms with Gasteiger partial charge >= 0.3 is 0 Å². The predicted molar refractivity (Wildman–Crippen MR) is 125 cm³/mol. The van der Waals surface area contributed by atoms with Crippen molar-refractivity contribution in [3.63, 3.8) is 0 Å². The molecule has 4 rings (SSSR count). The van der Waals surface area contributed by atoms with Crippen LogP contribution < -0.4 is 5.32 Å². The van der Waals surface area contributed by atoms with Crippen LogP contribution in [0.25, 0.3) is 11.0 Å². The van der Waals surface area contributed by atoms with Gasteiger partial charge in [-0.25, -0.2) is 13.4 Å². The minimum Gasteiger partial charge on any atom is -0.348 e. The number of hydrogen-bond donors (Lipinski definition) is 1. The molecule has 1 heterocycles. The van der Waals surface area contributed by atoms with Crippen LogP contribution in [0.2, 0.25) is 0 Å². The van der Waals surface area contributed by atoms with Crippen molar-refractivity contribution >= 4 is 26.8 Å². The van der Waals surface area contributed by atoms with Crippen LogP contribution in [0.15, 0.2) is 77.7 Å². The summed E-state index contributed by atoms with van der Waals surface area (Å²) in [6.07, 6.45) is 0. The minimum atomic E-state index is -3.23. The number of fused-ring (bicyclic) bond motifs is 1. The highest BCUT2D eigenvalue weighted by Gasteiger charge is 2.13. The van der Waals surface area contributed by atoms with Gasteiger partial charge in [0.15, 0.2) is 9.84 Å². The van der Waals surface area contributed by atoms with Crippen LogP contribution in [0.4, 0.5) is 0 Å². The number of aromatic nitrogens is 2. The van der Waals surface area contributed by atoms with Gasteiger partial charge in [0.25, 0.3) is 5.91 Å². The Morgan fingerprint density at radius 1 is 0.969 bits per heavy atom. The number of amides is 1. The average molecular weight is 448 g/mol. The molecule has 0 unspecified atom stereocenters. The second kappa shape index (κ2) is 8.96. The molecule has 0 aliphatic carbocycles. The lowest BCUT2D eigenvalue weighted by Crippen LogP contribution is -2.22. The Kier molecular flexibility index (Phi) is 6.10. The summed E-state index contributed by atoms with van der Waals surface area (Å²) in [7, 11) is -3.23. The van der Waals surface area contributed by atoms with Crippen molar-refractivity contribution in [1.29, 1.82) is 0 Å². The van der Waals surface area contributed by atoms with E-state index in [2.05, 4.69) is 27.0 Å². The molecule has 0 saturated heterocycles. The molecule has 6 nitrogen and oxygen atoms in total. The second-order valence-electron chi connectivity index (χ2n) is 7.66. The molecule has 0 aliphatic rings. The molecule has 3 aromatic carbocycles. The summed E-state index contributed by atoms with van der Waals surface area (Å²) in [5.74, 6) is 0.752. The zero-order chi connectivity index (χ0) is 22.7. The molecule has 1 amide bonds. The number of nitrogens with one attached hydrogen (secondary N) is 1. The first-order valence-electron chi connectivity index (χ1n) is 10.5. The Hall–Kier alpha value is -3.45. The lowest BCUT2D eigenvalue weighted by Gasteiger charge is -2.08. The summed E-state index contributed by atoms with van der Waals surface area (Å²) in [5.41, 5.74) is 4.31. The number of rotatable bonds is 7. The van der Waals surface area contributed by atoms with Crippen molar-refractivity contribution in [2.24, 2.45) is 0 Å². The van der Waals surface area contributed by atoms with E-state index in [1.54, 1.807) is 43.3 Å². The fraction of sp³-hybridized carbons (Fsp3) is 0.200. The Bertz CT molecular complexity index is 1360. The number of sulfone groups is 1. The number of aryl methyl sites for hydroxylation is 1. The Morgan fingerprint density at radius 3 is 2.38 bits per heavy atom. The van der Waals surface area contributed by atoms with Crippen molar-refractivity contribution in [1.82, 2.24) is 14.9 Å². The van der Waals surface area contributed by atoms with Crippen LogP contribution in [0.3, 0.4) is 0 Å². The van der Waals surface area contributed by atoms with E-state index in [1.165, 1.54) is 5.56 Å². The summed E-state index contributed by atoms with van der Waals surface area (Å²) in [6, 6.07) is 22.3. The van der Waals surface area contributed by atoms with Gasteiger partial charge in [-0.2, -0.15) is 0 Å². The molecular weight excluding hydrogens is 422 g/mol. The van der Waals surface area contributed by atoms with Crippen LogP contribution in [-0.2, 0) is 22.9 Å². The van der Waals surface area contributed by atoms with Gasteiger partial charge in [0, 0.05) is 18.7 Å². The van der Waals surface area contributed by atoms with E-state index in [4.69, 9.17) is 0 Å². The molecule has 0 fully saturated rings. The lowest BCUT2D eigenvalue weighted by atomic mass is 10.1. The van der Waals surface area contributed by atoms with E-state index >= 15 is 0 Å². The topological polar surface area (TPSA) is 81.1 Å². The molecule has 4 aromatic rings. The van der Waals surface area contributed by atoms with Gasteiger partial charge in [-0.3, -0.25) is 4.79 Å². The van der Waals surface area contributed by atoms with Crippen LogP contribution in [0, 0.1) is 6.92 Å². The van der Waals surface area contributed by atoms with E-state index in [0.717, 1.165) is 29.0 Å². The molecule has 0 radical (unpaired) electrons. The first-order valence-corrected chi connectivity index (χ1v) is 12.1. The zero-order valence-electron chi connectivity index (χ0n) is 18.1. The third-order valence-corrected chi connectivity index (χ3v) is 7.25. The maximum atomic E-state index is 12.7. The largest absolute Gasteiger partial charge is 0.348 e. The molecule has 0 bridgehead atoms. The summed E-state index contributed by atoms with van der Waals surface area (Å²) in [5, 5.41) is 2.89. The molecule has 1 N–H and O–H groups in total. The fourth-order valence-corrected chi connectivity index (χ4v) is 4.51. The molecule has 0 spiro atoms. The molecule has 7 heteroatoms. The number of imidazole rings is 1. The summed E-state index contributed by atoms with van der Waals surface area (Å²) < 4.78 is 26.0. The van der Waals surface area contributed by atoms with Crippen molar-refractivity contribution in [3.05, 3.63) is 95.3 Å². The highest BCUT2D eigenvalue weighted by atomic mass is 32.2. The van der Waals surface area contributed by atoms with Gasteiger partial charge in [0.05, 0.1) is 21.7 Å². The Balaban J connectivity index is 1.47. The van der Waals surface area contributed by atoms with E-state index in [0.29, 0.717) is 17.0 Å². The highest BCUT2D eigenvalue weighted by molar-refractivity contribution is 7.91. The molecule has 32 heavy (non-hydrogen) atoms. The van der Waals surface area contributed by atoms with Gasteiger partial charge < -0.3 is 9.88 Å². The summed E-state index contributed by atoms with van der Waals surface area (Å²) in [4.78, 5) is 17.6. The number of carbonyl (C=O) groups is 1.